The van der Waals surface area contributed by atoms with Gasteiger partial charge in [-0.3, -0.25) is 9.59 Å². The molecule has 1 amide bonds. The van der Waals surface area contributed by atoms with Gasteiger partial charge in [-0.15, -0.1) is 13.2 Å². The Morgan fingerprint density at radius 3 is 2.48 bits per heavy atom. The molecule has 5 nitrogen and oxygen atoms in total. The summed E-state index contributed by atoms with van der Waals surface area (Å²) in [6.45, 7) is 0.668. The number of carbonyl (C=O) groups excluding carboxylic acids is 1. The van der Waals surface area contributed by atoms with Gasteiger partial charge in [0.2, 0.25) is 5.91 Å². The third-order valence-electron chi connectivity index (χ3n) is 3.64. The number of aliphatic carboxylic acids is 1. The number of carboxylic acid groups (broad SMARTS) is 1. The van der Waals surface area contributed by atoms with Crippen LogP contribution in [-0.4, -0.2) is 41.3 Å². The van der Waals surface area contributed by atoms with Gasteiger partial charge in [0.25, 0.3) is 0 Å². The second-order valence-corrected chi connectivity index (χ2v) is 5.39. The maximum atomic E-state index is 12.2. The lowest BCUT2D eigenvalue weighted by Crippen LogP contribution is -2.42. The van der Waals surface area contributed by atoms with Crippen molar-refractivity contribution >= 4 is 11.9 Å². The first kappa shape index (κ1) is 17.1. The smallest absolute Gasteiger partial charge is 0.481 e. The summed E-state index contributed by atoms with van der Waals surface area (Å²) in [5.74, 6) is -2.07. The van der Waals surface area contributed by atoms with E-state index < -0.39 is 18.2 Å². The predicted molar refractivity (Wildman–Crippen MR) is 73.8 cm³/mol. The lowest BCUT2D eigenvalue weighted by atomic mass is 9.97. The van der Waals surface area contributed by atoms with E-state index >= 15 is 0 Å². The van der Waals surface area contributed by atoms with Crippen LogP contribution in [0.15, 0.2) is 24.3 Å². The number of hydrogen-bond acceptors (Lipinski definition) is 3. The highest BCUT2D eigenvalue weighted by atomic mass is 19.4. The summed E-state index contributed by atoms with van der Waals surface area (Å²) in [6.07, 6.45) is -3.57. The van der Waals surface area contributed by atoms with Crippen LogP contribution in [0.1, 0.15) is 18.4 Å². The van der Waals surface area contributed by atoms with E-state index in [-0.39, 0.29) is 24.6 Å². The molecule has 23 heavy (non-hydrogen) atoms. The molecular weight excluding hydrogens is 315 g/mol. The molecule has 1 N–H and O–H groups in total. The number of amides is 1. The number of carboxylic acids is 1. The van der Waals surface area contributed by atoms with Gasteiger partial charge in [-0.2, -0.15) is 0 Å². The van der Waals surface area contributed by atoms with Gasteiger partial charge < -0.3 is 14.7 Å². The average Bonchev–Trinajstić information content (AvgIpc) is 2.48. The Bertz CT molecular complexity index is 571. The van der Waals surface area contributed by atoms with Crippen molar-refractivity contribution in [1.82, 2.24) is 4.90 Å². The third kappa shape index (κ3) is 5.15. The van der Waals surface area contributed by atoms with Crippen LogP contribution in [0.25, 0.3) is 0 Å². The summed E-state index contributed by atoms with van der Waals surface area (Å²) in [5.41, 5.74) is 0.543. The average molecular weight is 331 g/mol. The van der Waals surface area contributed by atoms with E-state index in [4.69, 9.17) is 5.11 Å². The molecule has 1 saturated heterocycles. The van der Waals surface area contributed by atoms with Crippen molar-refractivity contribution in [2.24, 2.45) is 5.92 Å². The van der Waals surface area contributed by atoms with E-state index in [2.05, 4.69) is 4.74 Å². The fourth-order valence-electron chi connectivity index (χ4n) is 2.50. The normalized spacial score (nSPS) is 18.6. The second-order valence-electron chi connectivity index (χ2n) is 5.39. The fraction of sp³-hybridized carbons (Fsp3) is 0.467. The molecule has 1 heterocycles. The van der Waals surface area contributed by atoms with Gasteiger partial charge in [-0.1, -0.05) is 12.1 Å². The molecule has 8 heteroatoms. The molecule has 0 radical (unpaired) electrons. The van der Waals surface area contributed by atoms with Crippen molar-refractivity contribution in [3.05, 3.63) is 29.8 Å². The first-order chi connectivity index (χ1) is 10.7. The Morgan fingerprint density at radius 1 is 1.26 bits per heavy atom. The number of rotatable bonds is 4. The standard InChI is InChI=1S/C15H16F3NO4/c16-15(17,18)23-12-5-3-10(4-6-12)8-13(20)19-7-1-2-11(9-19)14(21)22/h3-6,11H,1-2,7-9H2,(H,21,22). The Morgan fingerprint density at radius 2 is 1.91 bits per heavy atom. The minimum absolute atomic E-state index is 0.0125. The molecule has 2 rings (SSSR count). The lowest BCUT2D eigenvalue weighted by molar-refractivity contribution is -0.274. The van der Waals surface area contributed by atoms with Crippen molar-refractivity contribution in [3.8, 4) is 5.75 Å². The zero-order valence-electron chi connectivity index (χ0n) is 12.2. The van der Waals surface area contributed by atoms with E-state index in [1.54, 1.807) is 0 Å². The number of carbonyl (C=O) groups is 2. The summed E-state index contributed by atoms with van der Waals surface area (Å²) in [5, 5.41) is 9.01. The Labute approximate surface area is 130 Å². The fourth-order valence-corrected chi connectivity index (χ4v) is 2.50. The molecule has 1 aromatic carbocycles. The molecule has 0 spiro atoms. The Kier molecular flexibility index (Phi) is 5.12. The van der Waals surface area contributed by atoms with Gasteiger partial charge >= 0.3 is 12.3 Å². The molecule has 1 fully saturated rings. The van der Waals surface area contributed by atoms with Gasteiger partial charge in [0.1, 0.15) is 5.75 Å². The second kappa shape index (κ2) is 6.89. The van der Waals surface area contributed by atoms with Crippen LogP contribution < -0.4 is 4.74 Å². The van der Waals surface area contributed by atoms with E-state index in [1.807, 2.05) is 0 Å². The molecule has 0 bridgehead atoms. The van der Waals surface area contributed by atoms with Gasteiger partial charge in [-0.05, 0) is 30.5 Å². The number of halogens is 3. The maximum absolute atomic E-state index is 12.2. The van der Waals surface area contributed by atoms with Crippen molar-refractivity contribution in [2.75, 3.05) is 13.1 Å². The summed E-state index contributed by atoms with van der Waals surface area (Å²) in [7, 11) is 0. The van der Waals surface area contributed by atoms with Gasteiger partial charge in [0, 0.05) is 13.1 Å². The molecule has 1 aliphatic heterocycles. The highest BCUT2D eigenvalue weighted by Crippen LogP contribution is 2.23. The largest absolute Gasteiger partial charge is 0.573 e. The Hall–Kier alpha value is -2.25. The van der Waals surface area contributed by atoms with Gasteiger partial charge in [0.05, 0.1) is 12.3 Å². The molecule has 1 aromatic rings. The van der Waals surface area contributed by atoms with E-state index in [9.17, 15) is 22.8 Å². The number of nitrogens with zero attached hydrogens (tertiary/aromatic N) is 1. The number of hydrogen-bond donors (Lipinski definition) is 1. The summed E-state index contributed by atoms with van der Waals surface area (Å²) >= 11 is 0. The molecule has 0 saturated carbocycles. The van der Waals surface area contributed by atoms with E-state index in [0.717, 1.165) is 12.1 Å². The van der Waals surface area contributed by atoms with Crippen LogP contribution in [0, 0.1) is 5.92 Å². The minimum Gasteiger partial charge on any atom is -0.481 e. The molecule has 1 unspecified atom stereocenters. The quantitative estimate of drug-likeness (QED) is 0.920. The molecule has 0 aliphatic carbocycles. The lowest BCUT2D eigenvalue weighted by Gasteiger charge is -2.30. The molecular formula is C15H16F3NO4. The maximum Gasteiger partial charge on any atom is 0.573 e. The Balaban J connectivity index is 1.93. The SMILES string of the molecule is O=C(O)C1CCCN(C(=O)Cc2ccc(OC(F)(F)F)cc2)C1. The molecule has 1 atom stereocenters. The van der Waals surface area contributed by atoms with Crippen LogP contribution >= 0.6 is 0 Å². The topological polar surface area (TPSA) is 66.8 Å². The molecule has 0 aromatic heterocycles. The number of alkyl halides is 3. The number of benzene rings is 1. The minimum atomic E-state index is -4.75. The number of piperidine rings is 1. The van der Waals surface area contributed by atoms with Crippen LogP contribution in [0.3, 0.4) is 0 Å². The first-order valence-electron chi connectivity index (χ1n) is 7.10. The monoisotopic (exact) mass is 331 g/mol. The van der Waals surface area contributed by atoms with Crippen LogP contribution in [0.2, 0.25) is 0 Å². The predicted octanol–water partition coefficient (Wildman–Crippen LogP) is 2.45. The van der Waals surface area contributed by atoms with Gasteiger partial charge in [0.15, 0.2) is 0 Å². The van der Waals surface area contributed by atoms with Crippen molar-refractivity contribution in [3.63, 3.8) is 0 Å². The zero-order chi connectivity index (χ0) is 17.0. The number of ether oxygens (including phenoxy) is 1. The van der Waals surface area contributed by atoms with Gasteiger partial charge in [-0.25, -0.2) is 0 Å². The summed E-state index contributed by atoms with van der Waals surface area (Å²) < 4.78 is 40.0. The number of likely N-dealkylation sites (tertiary alicyclic amines) is 1. The highest BCUT2D eigenvalue weighted by molar-refractivity contribution is 5.80. The summed E-state index contributed by atoms with van der Waals surface area (Å²) in [4.78, 5) is 24.6. The third-order valence-corrected chi connectivity index (χ3v) is 3.64. The van der Waals surface area contributed by atoms with Crippen LogP contribution in [0.5, 0.6) is 5.75 Å². The van der Waals surface area contributed by atoms with Crippen LogP contribution in [-0.2, 0) is 16.0 Å². The zero-order valence-corrected chi connectivity index (χ0v) is 12.2. The van der Waals surface area contributed by atoms with E-state index in [1.165, 1.54) is 17.0 Å². The van der Waals surface area contributed by atoms with Crippen LogP contribution in [0.4, 0.5) is 13.2 Å². The summed E-state index contributed by atoms with van der Waals surface area (Å²) in [6, 6.07) is 5.06. The van der Waals surface area contributed by atoms with Crippen molar-refractivity contribution < 1.29 is 32.6 Å². The first-order valence-corrected chi connectivity index (χ1v) is 7.10. The molecule has 126 valence electrons. The highest BCUT2D eigenvalue weighted by Gasteiger charge is 2.31. The van der Waals surface area contributed by atoms with Crippen molar-refractivity contribution in [1.29, 1.82) is 0 Å². The van der Waals surface area contributed by atoms with E-state index in [0.29, 0.717) is 24.9 Å². The molecule has 1 aliphatic rings. The van der Waals surface area contributed by atoms with Crippen molar-refractivity contribution in [2.45, 2.75) is 25.6 Å².